The quantitative estimate of drug-likeness (QED) is 0.696. The molecule has 27 heavy (non-hydrogen) atoms. The average Bonchev–Trinajstić information content (AvgIpc) is 3.44. The molecule has 3 heterocycles. The number of benzene rings is 1. The van der Waals surface area contributed by atoms with Crippen molar-refractivity contribution in [3.8, 4) is 11.4 Å². The second-order valence-corrected chi connectivity index (χ2v) is 6.63. The van der Waals surface area contributed by atoms with Crippen molar-refractivity contribution in [3.63, 3.8) is 0 Å². The van der Waals surface area contributed by atoms with Crippen LogP contribution in [0.4, 0.5) is 5.69 Å². The summed E-state index contributed by atoms with van der Waals surface area (Å²) in [6.45, 7) is 5.08. The lowest BCUT2D eigenvalue weighted by Crippen LogP contribution is -2.18. The van der Waals surface area contributed by atoms with Gasteiger partial charge in [0.1, 0.15) is 5.76 Å². The molecule has 0 aliphatic carbocycles. The molecule has 1 aliphatic rings. The largest absolute Gasteiger partial charge is 0.456 e. The third-order valence-corrected chi connectivity index (χ3v) is 4.80. The summed E-state index contributed by atoms with van der Waals surface area (Å²) in [4.78, 5) is 15.2. The van der Waals surface area contributed by atoms with E-state index < -0.39 is 0 Å². The van der Waals surface area contributed by atoms with E-state index in [9.17, 15) is 4.79 Å². The van der Waals surface area contributed by atoms with E-state index >= 15 is 0 Å². The number of carbonyl (C=O) groups is 1. The molecule has 1 aliphatic heterocycles. The number of rotatable bonds is 6. The fourth-order valence-corrected chi connectivity index (χ4v) is 3.44. The molecule has 140 valence electrons. The van der Waals surface area contributed by atoms with Crippen LogP contribution in [-0.4, -0.2) is 44.5 Å². The lowest BCUT2D eigenvalue weighted by Gasteiger charge is -2.13. The van der Waals surface area contributed by atoms with E-state index in [1.165, 1.54) is 12.8 Å². The minimum Gasteiger partial charge on any atom is -0.456 e. The number of nitrogens with zero attached hydrogens (tertiary/aromatic N) is 4. The van der Waals surface area contributed by atoms with Gasteiger partial charge in [0.2, 0.25) is 5.82 Å². The molecular weight excluding hydrogens is 344 g/mol. The highest BCUT2D eigenvalue weighted by Gasteiger charge is 2.20. The van der Waals surface area contributed by atoms with Crippen LogP contribution in [0.5, 0.6) is 0 Å². The number of tetrazole rings is 1. The number of para-hydroxylation sites is 1. The van der Waals surface area contributed by atoms with Crippen LogP contribution in [0.1, 0.15) is 41.6 Å². The topological polar surface area (TPSA) is 99.9 Å². The number of hydrogen-bond acceptors (Lipinski definition) is 6. The second kappa shape index (κ2) is 7.71. The van der Waals surface area contributed by atoms with Crippen LogP contribution in [0, 0.1) is 0 Å². The predicted octanol–water partition coefficient (Wildman–Crippen LogP) is 2.87. The van der Waals surface area contributed by atoms with Gasteiger partial charge in [0.25, 0.3) is 5.91 Å². The Bertz CT molecular complexity index is 912. The summed E-state index contributed by atoms with van der Waals surface area (Å²) in [6.07, 6.45) is 3.23. The van der Waals surface area contributed by atoms with Crippen molar-refractivity contribution in [1.29, 1.82) is 0 Å². The van der Waals surface area contributed by atoms with E-state index in [1.54, 1.807) is 6.07 Å². The first-order chi connectivity index (χ1) is 13.2. The molecule has 0 radical (unpaired) electrons. The molecule has 1 saturated heterocycles. The van der Waals surface area contributed by atoms with Gasteiger partial charge in [-0.2, -0.15) is 5.21 Å². The van der Waals surface area contributed by atoms with Crippen molar-refractivity contribution in [2.75, 3.05) is 18.4 Å². The minimum absolute atomic E-state index is 0.284. The Morgan fingerprint density at radius 3 is 2.85 bits per heavy atom. The van der Waals surface area contributed by atoms with E-state index in [0.29, 0.717) is 22.8 Å². The minimum atomic E-state index is -0.284. The molecule has 2 N–H and O–H groups in total. The Balaban J connectivity index is 1.54. The first-order valence-electron chi connectivity index (χ1n) is 9.22. The normalized spacial score (nSPS) is 14.6. The molecule has 0 saturated carbocycles. The fraction of sp³-hybridized carbons (Fsp3) is 0.368. The lowest BCUT2D eigenvalue weighted by atomic mass is 10.1. The number of aryl methyl sites for hydroxylation is 1. The van der Waals surface area contributed by atoms with Crippen molar-refractivity contribution >= 4 is 11.6 Å². The van der Waals surface area contributed by atoms with Gasteiger partial charge < -0.3 is 9.73 Å². The number of amides is 1. The third kappa shape index (κ3) is 3.75. The average molecular weight is 366 g/mol. The van der Waals surface area contributed by atoms with E-state index in [1.807, 2.05) is 31.2 Å². The standard InChI is InChI=1S/C19H22N6O2/c1-2-16-13(12-25-9-5-6-10-25)11-17(27-16)19(26)20-15-8-4-3-7-14(15)18-21-23-24-22-18/h3-4,7-8,11H,2,5-6,9-10,12H2,1H3,(H,20,26)(H,21,22,23,24). The number of aromatic nitrogens is 4. The van der Waals surface area contributed by atoms with Crippen molar-refractivity contribution < 1.29 is 9.21 Å². The summed E-state index contributed by atoms with van der Waals surface area (Å²) in [5.74, 6) is 1.34. The monoisotopic (exact) mass is 366 g/mol. The zero-order chi connectivity index (χ0) is 18.6. The van der Waals surface area contributed by atoms with Crippen LogP contribution in [0.3, 0.4) is 0 Å². The number of aromatic amines is 1. The van der Waals surface area contributed by atoms with E-state index in [2.05, 4.69) is 30.8 Å². The van der Waals surface area contributed by atoms with Gasteiger partial charge in [0.05, 0.1) is 5.69 Å². The maximum atomic E-state index is 12.8. The summed E-state index contributed by atoms with van der Waals surface area (Å²) < 4.78 is 5.85. The van der Waals surface area contributed by atoms with Crippen LogP contribution in [-0.2, 0) is 13.0 Å². The van der Waals surface area contributed by atoms with Crippen molar-refractivity contribution in [1.82, 2.24) is 25.5 Å². The van der Waals surface area contributed by atoms with Gasteiger partial charge in [-0.3, -0.25) is 9.69 Å². The Morgan fingerprint density at radius 2 is 2.11 bits per heavy atom. The molecule has 1 aromatic carbocycles. The van der Waals surface area contributed by atoms with E-state index in [4.69, 9.17) is 4.42 Å². The first-order valence-corrected chi connectivity index (χ1v) is 9.22. The number of furan rings is 1. The molecule has 0 bridgehead atoms. The van der Waals surface area contributed by atoms with Gasteiger partial charge >= 0.3 is 0 Å². The van der Waals surface area contributed by atoms with Gasteiger partial charge in [0.15, 0.2) is 5.76 Å². The van der Waals surface area contributed by atoms with Crippen molar-refractivity contribution in [2.45, 2.75) is 32.7 Å². The SMILES string of the molecule is CCc1oc(C(=O)Nc2ccccc2-c2nn[nH]n2)cc1CN1CCCC1. The predicted molar refractivity (Wildman–Crippen MR) is 100 cm³/mol. The van der Waals surface area contributed by atoms with Gasteiger partial charge in [-0.15, -0.1) is 10.2 Å². The van der Waals surface area contributed by atoms with Crippen LogP contribution in [0.15, 0.2) is 34.7 Å². The third-order valence-electron chi connectivity index (χ3n) is 4.80. The number of H-pyrrole nitrogens is 1. The molecule has 3 aromatic rings. The van der Waals surface area contributed by atoms with Crippen molar-refractivity contribution in [3.05, 3.63) is 47.4 Å². The lowest BCUT2D eigenvalue weighted by molar-refractivity contribution is 0.0995. The summed E-state index contributed by atoms with van der Waals surface area (Å²) in [7, 11) is 0. The molecule has 2 aromatic heterocycles. The maximum absolute atomic E-state index is 12.8. The molecule has 8 heteroatoms. The van der Waals surface area contributed by atoms with Gasteiger partial charge in [-0.1, -0.05) is 19.1 Å². The highest BCUT2D eigenvalue weighted by Crippen LogP contribution is 2.26. The number of hydrogen-bond donors (Lipinski definition) is 2. The maximum Gasteiger partial charge on any atom is 0.291 e. The van der Waals surface area contributed by atoms with Crippen LogP contribution in [0.25, 0.3) is 11.4 Å². The van der Waals surface area contributed by atoms with Crippen LogP contribution >= 0.6 is 0 Å². The number of likely N-dealkylation sites (tertiary alicyclic amines) is 1. The zero-order valence-electron chi connectivity index (χ0n) is 15.2. The fourth-order valence-electron chi connectivity index (χ4n) is 3.44. The highest BCUT2D eigenvalue weighted by atomic mass is 16.4. The number of nitrogens with one attached hydrogen (secondary N) is 2. The van der Waals surface area contributed by atoms with Gasteiger partial charge in [-0.25, -0.2) is 0 Å². The molecule has 0 spiro atoms. The zero-order valence-corrected chi connectivity index (χ0v) is 15.2. The molecule has 4 rings (SSSR count). The van der Waals surface area contributed by atoms with Crippen LogP contribution in [0.2, 0.25) is 0 Å². The first kappa shape index (κ1) is 17.4. The molecule has 8 nitrogen and oxygen atoms in total. The van der Waals surface area contributed by atoms with E-state index in [0.717, 1.165) is 37.4 Å². The summed E-state index contributed by atoms with van der Waals surface area (Å²) in [5.41, 5.74) is 2.40. The summed E-state index contributed by atoms with van der Waals surface area (Å²) in [6, 6.07) is 9.20. The molecule has 0 unspecified atom stereocenters. The highest BCUT2D eigenvalue weighted by molar-refractivity contribution is 6.04. The number of carbonyl (C=O) groups excluding carboxylic acids is 1. The molecule has 1 fully saturated rings. The smallest absolute Gasteiger partial charge is 0.291 e. The van der Waals surface area contributed by atoms with E-state index in [-0.39, 0.29) is 5.91 Å². The summed E-state index contributed by atoms with van der Waals surface area (Å²) >= 11 is 0. The molecule has 0 atom stereocenters. The Kier molecular flexibility index (Phi) is 4.97. The van der Waals surface area contributed by atoms with Gasteiger partial charge in [-0.05, 0) is 49.3 Å². The number of anilines is 1. The van der Waals surface area contributed by atoms with Crippen molar-refractivity contribution in [2.24, 2.45) is 0 Å². The Hall–Kier alpha value is -3.00. The second-order valence-electron chi connectivity index (χ2n) is 6.63. The molecule has 1 amide bonds. The Morgan fingerprint density at radius 1 is 1.30 bits per heavy atom. The summed E-state index contributed by atoms with van der Waals surface area (Å²) in [5, 5.41) is 16.9. The molecular formula is C19H22N6O2. The Labute approximate surface area is 156 Å². The van der Waals surface area contributed by atoms with Crippen LogP contribution < -0.4 is 5.32 Å². The van der Waals surface area contributed by atoms with Gasteiger partial charge in [0, 0.05) is 24.1 Å².